The Hall–Kier alpha value is -3.33. The van der Waals surface area contributed by atoms with Crippen molar-refractivity contribution < 1.29 is 4.79 Å². The van der Waals surface area contributed by atoms with Gasteiger partial charge < -0.3 is 10.2 Å². The average Bonchev–Trinajstić information content (AvgIpc) is 2.95. The first kappa shape index (κ1) is 17.1. The van der Waals surface area contributed by atoms with Crippen LogP contribution in [-0.4, -0.2) is 20.0 Å². The molecule has 0 saturated carbocycles. The Bertz CT molecular complexity index is 1050. The summed E-state index contributed by atoms with van der Waals surface area (Å²) in [5.41, 5.74) is 9.16. The van der Waals surface area contributed by atoms with Gasteiger partial charge in [0.2, 0.25) is 5.91 Å². The predicted molar refractivity (Wildman–Crippen MR) is 114 cm³/mol. The maximum absolute atomic E-state index is 11.5. The summed E-state index contributed by atoms with van der Waals surface area (Å²) >= 11 is 0. The van der Waals surface area contributed by atoms with Crippen molar-refractivity contribution in [3.8, 4) is 11.1 Å². The summed E-state index contributed by atoms with van der Waals surface area (Å²) in [7, 11) is 4.08. The fourth-order valence-electron chi connectivity index (χ4n) is 3.57. The van der Waals surface area contributed by atoms with Crippen molar-refractivity contribution in [2.24, 2.45) is 0 Å². The first-order chi connectivity index (χ1) is 13.0. The second kappa shape index (κ2) is 6.76. The van der Waals surface area contributed by atoms with Crippen LogP contribution in [0.3, 0.4) is 0 Å². The molecule has 0 fully saturated rings. The van der Waals surface area contributed by atoms with Gasteiger partial charge in [-0.2, -0.15) is 0 Å². The van der Waals surface area contributed by atoms with Crippen molar-refractivity contribution in [3.05, 3.63) is 83.4 Å². The van der Waals surface area contributed by atoms with Gasteiger partial charge in [0.25, 0.3) is 0 Å². The zero-order chi connectivity index (χ0) is 19.0. The normalized spacial score (nSPS) is 13.2. The van der Waals surface area contributed by atoms with E-state index in [1.54, 1.807) is 0 Å². The predicted octanol–water partition coefficient (Wildman–Crippen LogP) is 5.28. The van der Waals surface area contributed by atoms with Crippen molar-refractivity contribution in [2.45, 2.75) is 6.92 Å². The molecule has 0 saturated heterocycles. The van der Waals surface area contributed by atoms with Crippen molar-refractivity contribution in [1.29, 1.82) is 0 Å². The number of carbonyl (C=O) groups excluding carboxylic acids is 1. The topological polar surface area (TPSA) is 32.3 Å². The lowest BCUT2D eigenvalue weighted by Crippen LogP contribution is -2.07. The van der Waals surface area contributed by atoms with E-state index in [4.69, 9.17) is 0 Å². The summed E-state index contributed by atoms with van der Waals surface area (Å²) in [5, 5.41) is 2.89. The molecule has 1 N–H and O–H groups in total. The van der Waals surface area contributed by atoms with Crippen molar-refractivity contribution in [3.63, 3.8) is 0 Å². The third kappa shape index (κ3) is 3.24. The van der Waals surface area contributed by atoms with E-state index >= 15 is 0 Å². The van der Waals surface area contributed by atoms with E-state index in [1.807, 2.05) is 20.2 Å². The largest absolute Gasteiger partial charge is 0.378 e. The van der Waals surface area contributed by atoms with Crippen LogP contribution in [0, 0.1) is 0 Å². The Morgan fingerprint density at radius 3 is 2.19 bits per heavy atom. The minimum absolute atomic E-state index is 0.0599. The van der Waals surface area contributed by atoms with Crippen LogP contribution in [-0.2, 0) is 4.79 Å². The highest BCUT2D eigenvalue weighted by molar-refractivity contribution is 6.07. The highest BCUT2D eigenvalue weighted by atomic mass is 16.1. The second-order valence-electron chi connectivity index (χ2n) is 7.03. The molecule has 3 aromatic carbocycles. The first-order valence-electron chi connectivity index (χ1n) is 9.04. The van der Waals surface area contributed by atoms with Crippen LogP contribution in [0.2, 0.25) is 0 Å². The SMILES string of the molecule is CC(=O)Nc1ccc2c(c1)C(=Cc1ccc(N(C)C)cc1)c1ccccc1-2. The van der Waals surface area contributed by atoms with Crippen molar-refractivity contribution >= 4 is 28.9 Å². The molecule has 0 aromatic heterocycles. The molecule has 0 radical (unpaired) electrons. The van der Waals surface area contributed by atoms with Gasteiger partial charge in [0.1, 0.15) is 0 Å². The van der Waals surface area contributed by atoms with Gasteiger partial charge in [0, 0.05) is 32.4 Å². The number of hydrogen-bond acceptors (Lipinski definition) is 2. The number of benzene rings is 3. The molecule has 27 heavy (non-hydrogen) atoms. The molecule has 0 heterocycles. The van der Waals surface area contributed by atoms with Crippen LogP contribution in [0.5, 0.6) is 0 Å². The maximum atomic E-state index is 11.5. The van der Waals surface area contributed by atoms with E-state index in [0.717, 1.165) is 16.8 Å². The zero-order valence-electron chi connectivity index (χ0n) is 15.8. The molecular formula is C24H22N2O. The van der Waals surface area contributed by atoms with Gasteiger partial charge in [0.15, 0.2) is 0 Å². The average molecular weight is 354 g/mol. The Morgan fingerprint density at radius 1 is 0.852 bits per heavy atom. The zero-order valence-corrected chi connectivity index (χ0v) is 15.8. The number of fused-ring (bicyclic) bond motifs is 3. The molecule has 1 aliphatic rings. The van der Waals surface area contributed by atoms with Crippen LogP contribution < -0.4 is 10.2 Å². The van der Waals surface area contributed by atoms with Gasteiger partial charge >= 0.3 is 0 Å². The molecule has 4 rings (SSSR count). The van der Waals surface area contributed by atoms with Crippen molar-refractivity contribution in [1.82, 2.24) is 0 Å². The highest BCUT2D eigenvalue weighted by Crippen LogP contribution is 2.45. The number of nitrogens with zero attached hydrogens (tertiary/aromatic N) is 1. The van der Waals surface area contributed by atoms with Gasteiger partial charge in [0.05, 0.1) is 0 Å². The number of amides is 1. The van der Waals surface area contributed by atoms with Crippen LogP contribution in [0.25, 0.3) is 22.8 Å². The van der Waals surface area contributed by atoms with Gasteiger partial charge in [-0.25, -0.2) is 0 Å². The Labute approximate surface area is 160 Å². The summed E-state index contributed by atoms with van der Waals surface area (Å²) in [6.45, 7) is 1.53. The third-order valence-electron chi connectivity index (χ3n) is 4.86. The third-order valence-corrected chi connectivity index (χ3v) is 4.86. The molecule has 3 heteroatoms. The number of nitrogens with one attached hydrogen (secondary N) is 1. The van der Waals surface area contributed by atoms with E-state index in [1.165, 1.54) is 34.9 Å². The Morgan fingerprint density at radius 2 is 1.52 bits per heavy atom. The van der Waals surface area contributed by atoms with Crippen LogP contribution in [0.15, 0.2) is 66.7 Å². The van der Waals surface area contributed by atoms with Gasteiger partial charge in [-0.1, -0.05) is 42.5 Å². The summed E-state index contributed by atoms with van der Waals surface area (Å²) in [5.74, 6) is -0.0599. The second-order valence-corrected chi connectivity index (χ2v) is 7.03. The lowest BCUT2D eigenvalue weighted by Gasteiger charge is -2.12. The monoisotopic (exact) mass is 354 g/mol. The fourth-order valence-corrected chi connectivity index (χ4v) is 3.57. The molecule has 3 nitrogen and oxygen atoms in total. The van der Waals surface area contributed by atoms with Gasteiger partial charge in [-0.15, -0.1) is 0 Å². The van der Waals surface area contributed by atoms with E-state index in [9.17, 15) is 4.79 Å². The first-order valence-corrected chi connectivity index (χ1v) is 9.04. The quantitative estimate of drug-likeness (QED) is 0.543. The summed E-state index contributed by atoms with van der Waals surface area (Å²) in [6, 6.07) is 23.1. The summed E-state index contributed by atoms with van der Waals surface area (Å²) < 4.78 is 0. The maximum Gasteiger partial charge on any atom is 0.221 e. The smallest absolute Gasteiger partial charge is 0.221 e. The van der Waals surface area contributed by atoms with Crippen LogP contribution in [0.1, 0.15) is 23.6 Å². The fraction of sp³-hybridized carbons (Fsp3) is 0.125. The molecular weight excluding hydrogens is 332 g/mol. The minimum atomic E-state index is -0.0599. The molecule has 0 unspecified atom stereocenters. The van der Waals surface area contributed by atoms with E-state index < -0.39 is 0 Å². The van der Waals surface area contributed by atoms with E-state index in [0.29, 0.717) is 0 Å². The van der Waals surface area contributed by atoms with Crippen LogP contribution >= 0.6 is 0 Å². The molecule has 0 aliphatic heterocycles. The summed E-state index contributed by atoms with van der Waals surface area (Å²) in [4.78, 5) is 13.6. The molecule has 1 aliphatic carbocycles. The molecule has 0 atom stereocenters. The molecule has 3 aromatic rings. The lowest BCUT2D eigenvalue weighted by atomic mass is 10.0. The lowest BCUT2D eigenvalue weighted by molar-refractivity contribution is -0.114. The minimum Gasteiger partial charge on any atom is -0.378 e. The number of rotatable bonds is 3. The van der Waals surface area contributed by atoms with Crippen molar-refractivity contribution in [2.75, 3.05) is 24.3 Å². The summed E-state index contributed by atoms with van der Waals surface area (Å²) in [6.07, 6.45) is 2.22. The highest BCUT2D eigenvalue weighted by Gasteiger charge is 2.23. The van der Waals surface area contributed by atoms with Crippen LogP contribution in [0.4, 0.5) is 11.4 Å². The van der Waals surface area contributed by atoms with E-state index in [-0.39, 0.29) is 5.91 Å². The van der Waals surface area contributed by atoms with E-state index in [2.05, 4.69) is 77.0 Å². The molecule has 1 amide bonds. The van der Waals surface area contributed by atoms with Gasteiger partial charge in [-0.3, -0.25) is 4.79 Å². The van der Waals surface area contributed by atoms with Gasteiger partial charge in [-0.05, 0) is 63.7 Å². The number of carbonyl (C=O) groups is 1. The molecule has 0 bridgehead atoms. The Kier molecular flexibility index (Phi) is 4.28. The standard InChI is InChI=1S/C24H22N2O/c1-16(27)25-18-10-13-22-20-6-4-5-7-21(20)23(24(22)15-18)14-17-8-11-19(12-9-17)26(2)3/h4-15H,1-3H3,(H,25,27). The molecule has 134 valence electrons. The Balaban J connectivity index is 1.83. The number of anilines is 2. The molecule has 0 spiro atoms. The number of hydrogen-bond donors (Lipinski definition) is 1.